The molecule has 1 atom stereocenters. The minimum Gasteiger partial charge on any atom is -0.352 e. The summed E-state index contributed by atoms with van der Waals surface area (Å²) in [6.45, 7) is 4.20. The van der Waals surface area contributed by atoms with Crippen molar-refractivity contribution in [1.29, 1.82) is 0 Å². The van der Waals surface area contributed by atoms with Crippen molar-refractivity contribution in [3.63, 3.8) is 0 Å². The van der Waals surface area contributed by atoms with Gasteiger partial charge in [0, 0.05) is 33.9 Å². The van der Waals surface area contributed by atoms with Crippen molar-refractivity contribution in [1.82, 2.24) is 10.2 Å². The van der Waals surface area contributed by atoms with Crippen LogP contribution in [0.25, 0.3) is 0 Å². The van der Waals surface area contributed by atoms with Crippen molar-refractivity contribution in [2.45, 2.75) is 70.3 Å². The molecule has 2 aromatic rings. The Hall–Kier alpha value is -1.69. The molecule has 4 nitrogen and oxygen atoms in total. The van der Waals surface area contributed by atoms with E-state index in [-0.39, 0.29) is 30.2 Å². The first-order valence-corrected chi connectivity index (χ1v) is 13.5. The van der Waals surface area contributed by atoms with Gasteiger partial charge in [-0.05, 0) is 43.9 Å². The third-order valence-electron chi connectivity index (χ3n) is 6.09. The molecule has 1 saturated carbocycles. The molecular formula is C26H32Cl2N2O2S. The van der Waals surface area contributed by atoms with Crippen LogP contribution in [-0.4, -0.2) is 34.6 Å². The normalized spacial score (nSPS) is 14.8. The Balaban J connectivity index is 1.74. The minimum atomic E-state index is -0.564. The molecule has 2 aromatic carbocycles. The highest BCUT2D eigenvalue weighted by molar-refractivity contribution is 7.99. The second-order valence-corrected chi connectivity index (χ2v) is 10.4. The summed E-state index contributed by atoms with van der Waals surface area (Å²) < 4.78 is 0. The van der Waals surface area contributed by atoms with Gasteiger partial charge in [0.05, 0.1) is 5.75 Å². The summed E-state index contributed by atoms with van der Waals surface area (Å²) in [5.74, 6) is 0.835. The van der Waals surface area contributed by atoms with E-state index < -0.39 is 6.04 Å². The topological polar surface area (TPSA) is 49.4 Å². The molecule has 178 valence electrons. The van der Waals surface area contributed by atoms with Crippen LogP contribution in [0.5, 0.6) is 0 Å². The van der Waals surface area contributed by atoms with Crippen molar-refractivity contribution >= 4 is 46.8 Å². The predicted octanol–water partition coefficient (Wildman–Crippen LogP) is 6.40. The van der Waals surface area contributed by atoms with Crippen LogP contribution in [0, 0.1) is 6.92 Å². The summed E-state index contributed by atoms with van der Waals surface area (Å²) >= 11 is 14.4. The molecule has 1 aliphatic carbocycles. The van der Waals surface area contributed by atoms with Crippen LogP contribution >= 0.6 is 35.0 Å². The number of rotatable bonds is 10. The summed E-state index contributed by atoms with van der Waals surface area (Å²) in [5.41, 5.74) is 3.05. The van der Waals surface area contributed by atoms with Gasteiger partial charge in [-0.3, -0.25) is 9.59 Å². The first-order valence-electron chi connectivity index (χ1n) is 11.5. The van der Waals surface area contributed by atoms with E-state index in [1.54, 1.807) is 34.9 Å². The Bertz CT molecular complexity index is 926. The molecule has 1 aliphatic rings. The highest BCUT2D eigenvalue weighted by Gasteiger charge is 2.31. The number of hydrogen-bond acceptors (Lipinski definition) is 3. The lowest BCUT2D eigenvalue weighted by Gasteiger charge is -2.32. The number of benzene rings is 2. The van der Waals surface area contributed by atoms with Gasteiger partial charge in [-0.2, -0.15) is 0 Å². The van der Waals surface area contributed by atoms with Gasteiger partial charge in [0.2, 0.25) is 11.8 Å². The molecule has 0 saturated heterocycles. The number of hydrogen-bond donors (Lipinski definition) is 1. The Morgan fingerprint density at radius 3 is 2.33 bits per heavy atom. The average Bonchev–Trinajstić information content (AvgIpc) is 3.30. The number of halogens is 2. The van der Waals surface area contributed by atoms with E-state index >= 15 is 0 Å². The molecule has 0 spiro atoms. The fraction of sp³-hybridized carbons (Fsp3) is 0.462. The van der Waals surface area contributed by atoms with Gasteiger partial charge in [0.25, 0.3) is 0 Å². The number of nitrogens with one attached hydrogen (secondary N) is 1. The summed E-state index contributed by atoms with van der Waals surface area (Å²) in [5, 5.41) is 4.16. The van der Waals surface area contributed by atoms with E-state index in [1.165, 1.54) is 11.1 Å². The molecule has 0 radical (unpaired) electrons. The van der Waals surface area contributed by atoms with Gasteiger partial charge in [-0.1, -0.05) is 78.9 Å². The lowest BCUT2D eigenvalue weighted by molar-refractivity contribution is -0.139. The van der Waals surface area contributed by atoms with Crippen LogP contribution in [0.1, 0.15) is 55.7 Å². The monoisotopic (exact) mass is 506 g/mol. The van der Waals surface area contributed by atoms with Gasteiger partial charge >= 0.3 is 0 Å². The standard InChI is InChI=1S/C26H32Cl2N2O2S/c1-3-24(26(32)29-20-7-4-5-8-20)30(15-21-22(27)9-6-10-23(21)28)25(31)17-33-16-19-13-11-18(2)12-14-19/h6,9-14,20,24H,3-5,7-8,15-17H2,1-2H3,(H,29,32)/t24-/m0/s1. The van der Waals surface area contributed by atoms with Crippen LogP contribution < -0.4 is 5.32 Å². The van der Waals surface area contributed by atoms with Crippen LogP contribution in [0.4, 0.5) is 0 Å². The maximum Gasteiger partial charge on any atom is 0.243 e. The van der Waals surface area contributed by atoms with Gasteiger partial charge in [0.1, 0.15) is 6.04 Å². The Kier molecular flexibility index (Phi) is 9.96. The van der Waals surface area contributed by atoms with E-state index in [4.69, 9.17) is 23.2 Å². The lowest BCUT2D eigenvalue weighted by atomic mass is 10.1. The molecule has 33 heavy (non-hydrogen) atoms. The first kappa shape index (κ1) is 25.9. The van der Waals surface area contributed by atoms with Crippen LogP contribution in [0.15, 0.2) is 42.5 Å². The van der Waals surface area contributed by atoms with E-state index in [9.17, 15) is 9.59 Å². The lowest BCUT2D eigenvalue weighted by Crippen LogP contribution is -2.51. The Morgan fingerprint density at radius 1 is 1.09 bits per heavy atom. The third-order valence-corrected chi connectivity index (χ3v) is 7.79. The fourth-order valence-corrected chi connectivity index (χ4v) is 5.55. The maximum absolute atomic E-state index is 13.4. The molecule has 0 heterocycles. The molecule has 2 amide bonds. The molecule has 0 bridgehead atoms. The van der Waals surface area contributed by atoms with Crippen molar-refractivity contribution in [3.05, 3.63) is 69.2 Å². The van der Waals surface area contributed by atoms with E-state index in [1.807, 2.05) is 6.92 Å². The van der Waals surface area contributed by atoms with Crippen molar-refractivity contribution in [3.8, 4) is 0 Å². The maximum atomic E-state index is 13.4. The Labute approximate surface area is 211 Å². The van der Waals surface area contributed by atoms with Gasteiger partial charge < -0.3 is 10.2 Å². The van der Waals surface area contributed by atoms with E-state index in [0.29, 0.717) is 22.0 Å². The summed E-state index contributed by atoms with van der Waals surface area (Å²) in [6.07, 6.45) is 4.79. The molecule has 0 unspecified atom stereocenters. The van der Waals surface area contributed by atoms with Gasteiger partial charge in [0.15, 0.2) is 0 Å². The Morgan fingerprint density at radius 2 is 1.73 bits per heavy atom. The molecule has 1 N–H and O–H groups in total. The second-order valence-electron chi connectivity index (χ2n) is 8.61. The average molecular weight is 508 g/mol. The fourth-order valence-electron chi connectivity index (χ4n) is 4.16. The highest BCUT2D eigenvalue weighted by Crippen LogP contribution is 2.28. The van der Waals surface area contributed by atoms with Crippen LogP contribution in [0.2, 0.25) is 10.0 Å². The number of amides is 2. The zero-order chi connectivity index (χ0) is 23.8. The van der Waals surface area contributed by atoms with Gasteiger partial charge in [-0.15, -0.1) is 11.8 Å². The smallest absolute Gasteiger partial charge is 0.243 e. The predicted molar refractivity (Wildman–Crippen MR) is 139 cm³/mol. The first-order chi connectivity index (χ1) is 15.9. The summed E-state index contributed by atoms with van der Waals surface area (Å²) in [6, 6.07) is 13.2. The number of aryl methyl sites for hydroxylation is 1. The van der Waals surface area contributed by atoms with Crippen molar-refractivity contribution in [2.24, 2.45) is 0 Å². The van der Waals surface area contributed by atoms with Crippen LogP contribution in [-0.2, 0) is 21.9 Å². The molecule has 3 rings (SSSR count). The number of thioether (sulfide) groups is 1. The zero-order valence-corrected chi connectivity index (χ0v) is 21.6. The van der Waals surface area contributed by atoms with Crippen molar-refractivity contribution in [2.75, 3.05) is 5.75 Å². The van der Waals surface area contributed by atoms with Crippen molar-refractivity contribution < 1.29 is 9.59 Å². The SMILES string of the molecule is CC[C@@H](C(=O)NC1CCCC1)N(Cc1c(Cl)cccc1Cl)C(=O)CSCc1ccc(C)cc1. The van der Waals surface area contributed by atoms with Crippen LogP contribution in [0.3, 0.4) is 0 Å². The number of carbonyl (C=O) groups excluding carboxylic acids is 2. The van der Waals surface area contributed by atoms with E-state index in [2.05, 4.69) is 36.5 Å². The molecular weight excluding hydrogens is 475 g/mol. The third kappa shape index (κ3) is 7.40. The number of nitrogens with zero attached hydrogens (tertiary/aromatic N) is 1. The van der Waals surface area contributed by atoms with E-state index in [0.717, 1.165) is 31.4 Å². The largest absolute Gasteiger partial charge is 0.352 e. The van der Waals surface area contributed by atoms with Gasteiger partial charge in [-0.25, -0.2) is 0 Å². The number of carbonyl (C=O) groups is 2. The zero-order valence-electron chi connectivity index (χ0n) is 19.3. The molecule has 0 aliphatic heterocycles. The summed E-state index contributed by atoms with van der Waals surface area (Å²) in [7, 11) is 0. The molecule has 0 aromatic heterocycles. The molecule has 7 heteroatoms. The highest BCUT2D eigenvalue weighted by atomic mass is 35.5. The second kappa shape index (κ2) is 12.7. The summed E-state index contributed by atoms with van der Waals surface area (Å²) in [4.78, 5) is 28.2. The quantitative estimate of drug-likeness (QED) is 0.405. The molecule has 1 fully saturated rings. The minimum absolute atomic E-state index is 0.0866.